The fourth-order valence-electron chi connectivity index (χ4n) is 4.98. The summed E-state index contributed by atoms with van der Waals surface area (Å²) in [7, 11) is 4.69. The zero-order valence-corrected chi connectivity index (χ0v) is 23.5. The van der Waals surface area contributed by atoms with Crippen molar-refractivity contribution in [2.24, 2.45) is 0 Å². The van der Waals surface area contributed by atoms with Gasteiger partial charge in [0, 0.05) is 19.0 Å². The molecule has 0 saturated heterocycles. The quantitative estimate of drug-likeness (QED) is 0.145. The van der Waals surface area contributed by atoms with E-state index in [1.807, 2.05) is 11.8 Å². The van der Waals surface area contributed by atoms with Crippen LogP contribution in [0.15, 0.2) is 24.3 Å². The molecule has 1 aliphatic heterocycles. The summed E-state index contributed by atoms with van der Waals surface area (Å²) in [5.41, 5.74) is 2.57. The van der Waals surface area contributed by atoms with Gasteiger partial charge in [-0.1, -0.05) is 82.6 Å². The Hall–Kier alpha value is -1.88. The predicted molar refractivity (Wildman–Crippen MR) is 147 cm³/mol. The number of carbonyl (C=O) groups is 1. The highest BCUT2D eigenvalue weighted by molar-refractivity contribution is 5.73. The molecule has 0 bridgehead atoms. The van der Waals surface area contributed by atoms with Crippen LogP contribution in [0.5, 0.6) is 0 Å². The molecule has 1 aromatic carbocycles. The zero-order valence-electron chi connectivity index (χ0n) is 23.5. The van der Waals surface area contributed by atoms with Gasteiger partial charge >= 0.3 is 5.90 Å². The van der Waals surface area contributed by atoms with Gasteiger partial charge in [0.05, 0.1) is 34.1 Å². The molecule has 1 amide bonds. The third kappa shape index (κ3) is 12.1. The SMILES string of the molecule is CCCCCCCCCCCC[N+](C)(C)Cc1ccc(CN(CC[N+]2=C(C)OCC2)C(C)=O)cc1. The van der Waals surface area contributed by atoms with Crippen LogP contribution in [0, 0.1) is 0 Å². The van der Waals surface area contributed by atoms with E-state index in [-0.39, 0.29) is 5.91 Å². The number of unbranched alkanes of at least 4 members (excludes halogenated alkanes) is 9. The number of hydrogen-bond donors (Lipinski definition) is 0. The summed E-state index contributed by atoms with van der Waals surface area (Å²) in [5, 5.41) is 0. The molecule has 0 radical (unpaired) electrons. The van der Waals surface area contributed by atoms with Crippen molar-refractivity contribution in [2.45, 2.75) is 98.1 Å². The average molecular weight is 488 g/mol. The van der Waals surface area contributed by atoms with Gasteiger partial charge < -0.3 is 14.1 Å². The second-order valence-electron chi connectivity index (χ2n) is 11.1. The van der Waals surface area contributed by atoms with Gasteiger partial charge in [-0.2, -0.15) is 4.58 Å². The van der Waals surface area contributed by atoms with Crippen LogP contribution in [0.4, 0.5) is 0 Å². The van der Waals surface area contributed by atoms with Crippen LogP contribution in [-0.4, -0.2) is 72.6 Å². The fraction of sp³-hybridized carbons (Fsp3) is 0.733. The van der Waals surface area contributed by atoms with Gasteiger partial charge in [-0.05, 0) is 18.4 Å². The van der Waals surface area contributed by atoms with Gasteiger partial charge in [0.2, 0.25) is 5.91 Å². The van der Waals surface area contributed by atoms with Gasteiger partial charge in [0.25, 0.3) is 0 Å². The minimum Gasteiger partial charge on any atom is -0.442 e. The molecule has 2 rings (SSSR count). The maximum Gasteiger partial charge on any atom is 0.333 e. The maximum atomic E-state index is 12.2. The Morgan fingerprint density at radius 1 is 0.943 bits per heavy atom. The smallest absolute Gasteiger partial charge is 0.333 e. The predicted octanol–water partition coefficient (Wildman–Crippen LogP) is 5.99. The second kappa shape index (κ2) is 16.0. The first-order valence-electron chi connectivity index (χ1n) is 14.2. The second-order valence-corrected chi connectivity index (χ2v) is 11.1. The van der Waals surface area contributed by atoms with Crippen LogP contribution in [-0.2, 0) is 22.6 Å². The summed E-state index contributed by atoms with van der Waals surface area (Å²) < 4.78 is 8.78. The third-order valence-corrected chi connectivity index (χ3v) is 7.33. The Kier molecular flexibility index (Phi) is 13.4. The van der Waals surface area contributed by atoms with Crippen LogP contribution in [0.3, 0.4) is 0 Å². The van der Waals surface area contributed by atoms with Crippen LogP contribution >= 0.6 is 0 Å². The number of nitrogens with zero attached hydrogens (tertiary/aromatic N) is 3. The van der Waals surface area contributed by atoms with E-state index < -0.39 is 0 Å². The molecule has 1 heterocycles. The van der Waals surface area contributed by atoms with Crippen molar-refractivity contribution in [3.05, 3.63) is 35.4 Å². The molecule has 35 heavy (non-hydrogen) atoms. The van der Waals surface area contributed by atoms with E-state index in [2.05, 4.69) is 49.9 Å². The van der Waals surface area contributed by atoms with Crippen LogP contribution < -0.4 is 0 Å². The number of hydrogen-bond acceptors (Lipinski definition) is 2. The molecule has 1 aliphatic rings. The molecule has 0 N–H and O–H groups in total. The van der Waals surface area contributed by atoms with Crippen molar-refractivity contribution in [3.8, 4) is 0 Å². The van der Waals surface area contributed by atoms with E-state index in [1.165, 1.54) is 81.9 Å². The number of benzene rings is 1. The molecule has 0 saturated carbocycles. The molecule has 198 valence electrons. The first kappa shape index (κ1) is 29.4. The van der Waals surface area contributed by atoms with Gasteiger partial charge in [0.1, 0.15) is 6.54 Å². The van der Waals surface area contributed by atoms with Crippen LogP contribution in [0.1, 0.15) is 96.1 Å². The van der Waals surface area contributed by atoms with E-state index in [4.69, 9.17) is 4.74 Å². The monoisotopic (exact) mass is 487 g/mol. The Labute approximate surface area is 215 Å². The average Bonchev–Trinajstić information content (AvgIpc) is 3.23. The number of quaternary nitrogens is 1. The molecule has 0 aliphatic carbocycles. The molecule has 0 aromatic heterocycles. The molecular weight excluding hydrogens is 434 g/mol. The largest absolute Gasteiger partial charge is 0.442 e. The molecular formula is C30H53N3O2+2. The summed E-state index contributed by atoms with van der Waals surface area (Å²) >= 11 is 0. The summed E-state index contributed by atoms with van der Waals surface area (Å²) in [5.74, 6) is 1.09. The van der Waals surface area contributed by atoms with Gasteiger partial charge in [0.15, 0.2) is 19.7 Å². The van der Waals surface area contributed by atoms with Crippen molar-refractivity contribution >= 4 is 11.8 Å². The van der Waals surface area contributed by atoms with E-state index in [0.29, 0.717) is 6.54 Å². The highest BCUT2D eigenvalue weighted by atomic mass is 16.5. The fourth-order valence-corrected chi connectivity index (χ4v) is 4.98. The van der Waals surface area contributed by atoms with Crippen molar-refractivity contribution in [1.82, 2.24) is 4.90 Å². The lowest BCUT2D eigenvalue weighted by molar-refractivity contribution is -0.903. The first-order chi connectivity index (χ1) is 16.8. The summed E-state index contributed by atoms with van der Waals surface area (Å²) in [6, 6.07) is 8.89. The molecule has 5 nitrogen and oxygen atoms in total. The van der Waals surface area contributed by atoms with Gasteiger partial charge in [-0.25, -0.2) is 0 Å². The lowest BCUT2D eigenvalue weighted by atomic mass is 10.1. The molecule has 5 heteroatoms. The summed E-state index contributed by atoms with van der Waals surface area (Å²) in [4.78, 5) is 14.1. The number of carbonyl (C=O) groups excluding carboxylic acids is 1. The Morgan fingerprint density at radius 2 is 1.51 bits per heavy atom. The summed E-state index contributed by atoms with van der Waals surface area (Å²) in [6.07, 6.45) is 13.9. The standard InChI is InChI=1S/C30H53N3O2/c1-6-7-8-9-10-11-12-13-14-15-23-33(4,5)26-30-18-16-29(17-19-30)25-32(27(2)34)21-20-31-22-24-35-28(31)3/h16-19H,6-15,20-26H2,1-5H3/q+2. The molecule has 1 aromatic rings. The van der Waals surface area contributed by atoms with E-state index in [0.717, 1.165) is 43.2 Å². The molecule has 0 spiro atoms. The van der Waals surface area contributed by atoms with E-state index >= 15 is 0 Å². The van der Waals surface area contributed by atoms with Crippen LogP contribution in [0.2, 0.25) is 0 Å². The molecule has 0 fully saturated rings. The lowest BCUT2D eigenvalue weighted by Gasteiger charge is -2.30. The van der Waals surface area contributed by atoms with Crippen LogP contribution in [0.25, 0.3) is 0 Å². The Bertz CT molecular complexity index is 770. The Morgan fingerprint density at radius 3 is 2.06 bits per heavy atom. The highest BCUT2D eigenvalue weighted by Gasteiger charge is 2.21. The minimum absolute atomic E-state index is 0.126. The van der Waals surface area contributed by atoms with Gasteiger partial charge in [-0.3, -0.25) is 4.79 Å². The number of ether oxygens (including phenoxy) is 1. The molecule has 0 atom stereocenters. The van der Waals surface area contributed by atoms with E-state index in [1.54, 1.807) is 6.92 Å². The summed E-state index contributed by atoms with van der Waals surface area (Å²) in [6.45, 7) is 12.1. The first-order valence-corrected chi connectivity index (χ1v) is 14.2. The topological polar surface area (TPSA) is 32.5 Å². The van der Waals surface area contributed by atoms with Crippen molar-refractivity contribution in [3.63, 3.8) is 0 Å². The van der Waals surface area contributed by atoms with Crippen molar-refractivity contribution in [2.75, 3.05) is 46.9 Å². The normalized spacial score (nSPS) is 13.9. The van der Waals surface area contributed by atoms with Crippen molar-refractivity contribution in [1.29, 1.82) is 0 Å². The maximum absolute atomic E-state index is 12.2. The van der Waals surface area contributed by atoms with Crippen molar-refractivity contribution < 1.29 is 18.6 Å². The number of amides is 1. The highest BCUT2D eigenvalue weighted by Crippen LogP contribution is 2.15. The molecule has 0 unspecified atom stereocenters. The third-order valence-electron chi connectivity index (χ3n) is 7.33. The van der Waals surface area contributed by atoms with Gasteiger partial charge in [-0.15, -0.1) is 0 Å². The minimum atomic E-state index is 0.126. The number of rotatable bonds is 18. The van der Waals surface area contributed by atoms with E-state index in [9.17, 15) is 4.79 Å². The zero-order chi connectivity index (χ0) is 25.5. The lowest BCUT2D eigenvalue weighted by Crippen LogP contribution is -2.39. The Balaban J connectivity index is 1.68.